The lowest BCUT2D eigenvalue weighted by Gasteiger charge is -2.31. The molecule has 1 fully saturated rings. The summed E-state index contributed by atoms with van der Waals surface area (Å²) in [6.07, 6.45) is 3.91. The normalized spacial score (nSPS) is 16.3. The third kappa shape index (κ3) is 9.67. The summed E-state index contributed by atoms with van der Waals surface area (Å²) in [6, 6.07) is 6.02. The van der Waals surface area contributed by atoms with Crippen LogP contribution >= 0.6 is 0 Å². The third-order valence-electron chi connectivity index (χ3n) is 6.27. The number of aldehydes is 1. The molecule has 0 radical (unpaired) electrons. The molecule has 0 aliphatic carbocycles. The number of ether oxygens (including phenoxy) is 2. The molecular formula is C28H38FN5O6. The highest BCUT2D eigenvalue weighted by molar-refractivity contribution is 6.01. The van der Waals surface area contributed by atoms with Gasteiger partial charge < -0.3 is 29.3 Å². The van der Waals surface area contributed by atoms with E-state index in [0.29, 0.717) is 35.1 Å². The smallest absolute Gasteiger partial charge is 0.270 e. The van der Waals surface area contributed by atoms with Gasteiger partial charge in [-0.15, -0.1) is 0 Å². The highest BCUT2D eigenvalue weighted by Crippen LogP contribution is 2.29. The maximum absolute atomic E-state index is 13.6. The number of carbonyl (C=O) groups excluding carboxylic acids is 3. The molecule has 1 aromatic carbocycles. The quantitative estimate of drug-likeness (QED) is 0.488. The van der Waals surface area contributed by atoms with E-state index in [4.69, 9.17) is 14.4 Å². The fourth-order valence-electron chi connectivity index (χ4n) is 4.12. The van der Waals surface area contributed by atoms with Gasteiger partial charge >= 0.3 is 0 Å². The minimum Gasteiger partial charge on any atom is -0.494 e. The Morgan fingerprint density at radius 2 is 1.88 bits per heavy atom. The van der Waals surface area contributed by atoms with Gasteiger partial charge in [-0.05, 0) is 57.4 Å². The molecule has 4 rings (SSSR count). The van der Waals surface area contributed by atoms with Gasteiger partial charge in [0.2, 0.25) is 6.41 Å². The molecule has 0 spiro atoms. The Labute approximate surface area is 234 Å². The van der Waals surface area contributed by atoms with Crippen LogP contribution < -0.4 is 10.1 Å². The molecule has 2 amide bonds. The van der Waals surface area contributed by atoms with Crippen molar-refractivity contribution >= 4 is 24.3 Å². The zero-order valence-corrected chi connectivity index (χ0v) is 23.7. The topological polar surface area (TPSA) is 132 Å². The van der Waals surface area contributed by atoms with E-state index in [2.05, 4.69) is 25.2 Å². The van der Waals surface area contributed by atoms with E-state index in [1.54, 1.807) is 31.1 Å². The first-order valence-electron chi connectivity index (χ1n) is 13.1. The van der Waals surface area contributed by atoms with Crippen LogP contribution in [-0.4, -0.2) is 79.2 Å². The van der Waals surface area contributed by atoms with Crippen molar-refractivity contribution in [2.45, 2.75) is 52.7 Å². The number of likely N-dealkylation sites (tertiary alicyclic amines) is 1. The van der Waals surface area contributed by atoms with Crippen LogP contribution in [0, 0.1) is 18.7 Å². The van der Waals surface area contributed by atoms with E-state index < -0.39 is 5.82 Å². The monoisotopic (exact) mass is 559 g/mol. The Hall–Kier alpha value is -3.93. The maximum Gasteiger partial charge on any atom is 0.270 e. The van der Waals surface area contributed by atoms with E-state index >= 15 is 0 Å². The predicted octanol–water partition coefficient (Wildman–Crippen LogP) is 3.08. The van der Waals surface area contributed by atoms with Crippen LogP contribution in [0.1, 0.15) is 60.7 Å². The molecule has 218 valence electrons. The van der Waals surface area contributed by atoms with Crippen molar-refractivity contribution < 1.29 is 33.1 Å². The number of halogens is 1. The van der Waals surface area contributed by atoms with Gasteiger partial charge in [0.1, 0.15) is 29.6 Å². The van der Waals surface area contributed by atoms with Gasteiger partial charge in [-0.25, -0.2) is 14.4 Å². The summed E-state index contributed by atoms with van der Waals surface area (Å²) in [5.74, 6) is 0.0538. The van der Waals surface area contributed by atoms with Crippen molar-refractivity contribution in [3.8, 4) is 5.75 Å². The number of methoxy groups -OCH3 is 2. The van der Waals surface area contributed by atoms with Crippen molar-refractivity contribution in [3.63, 3.8) is 0 Å². The molecule has 12 heteroatoms. The molecule has 1 aromatic heterocycles. The van der Waals surface area contributed by atoms with Crippen LogP contribution in [0.2, 0.25) is 0 Å². The average molecular weight is 560 g/mol. The van der Waals surface area contributed by atoms with E-state index in [1.807, 2.05) is 6.92 Å². The summed E-state index contributed by atoms with van der Waals surface area (Å²) < 4.78 is 23.1. The Balaban J connectivity index is 0.000000722. The molecule has 2 aliphatic heterocycles. The first-order chi connectivity index (χ1) is 19.3. The van der Waals surface area contributed by atoms with Crippen LogP contribution in [0.15, 0.2) is 29.4 Å². The highest BCUT2D eigenvalue weighted by atomic mass is 19.1. The summed E-state index contributed by atoms with van der Waals surface area (Å²) in [5.41, 5.74) is 2.16. The number of carbonyl (C=O) groups is 3. The summed E-state index contributed by atoms with van der Waals surface area (Å²) in [4.78, 5) is 48.6. The molecule has 0 saturated carbocycles. The molecule has 40 heavy (non-hydrogen) atoms. The summed E-state index contributed by atoms with van der Waals surface area (Å²) in [6.45, 7) is 7.58. The van der Waals surface area contributed by atoms with Gasteiger partial charge in [-0.1, -0.05) is 11.2 Å². The first-order valence-corrected chi connectivity index (χ1v) is 13.1. The number of nitrogens with zero attached hydrogens (tertiary/aromatic N) is 4. The number of hydrogen-bond donors (Lipinski definition) is 1. The number of aromatic nitrogens is 2. The minimum absolute atomic E-state index is 0.0604. The number of amides is 2. The number of piperidine rings is 1. The third-order valence-corrected chi connectivity index (χ3v) is 6.27. The Kier molecular flexibility index (Phi) is 13.6. The van der Waals surface area contributed by atoms with Crippen LogP contribution in [0.4, 0.5) is 4.39 Å². The summed E-state index contributed by atoms with van der Waals surface area (Å²) >= 11 is 0. The highest BCUT2D eigenvalue weighted by Gasteiger charge is 2.33. The average Bonchev–Trinajstić information content (AvgIpc) is 3.47. The number of oxime groups is 1. The SMILES string of the molecule is CC=O.CCOC.COc1cc(CNC(=O)c2cc(C3=NO[C@H](C4CCN(C=O)CC4)C3)nc(C)n2)ccc1F. The van der Waals surface area contributed by atoms with Crippen LogP contribution in [0.5, 0.6) is 5.75 Å². The van der Waals surface area contributed by atoms with E-state index in [1.165, 1.54) is 26.2 Å². The van der Waals surface area contributed by atoms with Gasteiger partial charge in [0.15, 0.2) is 11.6 Å². The second kappa shape index (κ2) is 16.9. The van der Waals surface area contributed by atoms with Crippen molar-refractivity contribution in [3.05, 3.63) is 52.9 Å². The van der Waals surface area contributed by atoms with Gasteiger partial charge in [-0.2, -0.15) is 0 Å². The van der Waals surface area contributed by atoms with Crippen molar-refractivity contribution in [1.29, 1.82) is 0 Å². The molecule has 0 unspecified atom stereocenters. The number of aryl methyl sites for hydroxylation is 1. The maximum atomic E-state index is 13.6. The second-order valence-corrected chi connectivity index (χ2v) is 9.02. The molecular weight excluding hydrogens is 521 g/mol. The van der Waals surface area contributed by atoms with Crippen LogP contribution in [0.25, 0.3) is 0 Å². The van der Waals surface area contributed by atoms with Crippen molar-refractivity contribution in [2.75, 3.05) is 33.9 Å². The van der Waals surface area contributed by atoms with Gasteiger partial charge in [0.05, 0.1) is 12.8 Å². The lowest BCUT2D eigenvalue weighted by Crippen LogP contribution is -2.37. The number of rotatable bonds is 8. The Morgan fingerprint density at radius 3 is 2.48 bits per heavy atom. The van der Waals surface area contributed by atoms with Crippen molar-refractivity contribution in [2.24, 2.45) is 11.1 Å². The Morgan fingerprint density at radius 1 is 1.20 bits per heavy atom. The zero-order chi connectivity index (χ0) is 29.5. The number of nitrogens with one attached hydrogen (secondary N) is 1. The summed E-state index contributed by atoms with van der Waals surface area (Å²) in [7, 11) is 3.07. The van der Waals surface area contributed by atoms with Gasteiger partial charge in [-0.3, -0.25) is 9.59 Å². The second-order valence-electron chi connectivity index (χ2n) is 9.02. The fourth-order valence-corrected chi connectivity index (χ4v) is 4.12. The largest absolute Gasteiger partial charge is 0.494 e. The lowest BCUT2D eigenvalue weighted by molar-refractivity contribution is -0.120. The first kappa shape index (κ1) is 32.3. The number of benzene rings is 1. The summed E-state index contributed by atoms with van der Waals surface area (Å²) in [5, 5.41) is 7.02. The minimum atomic E-state index is -0.462. The molecule has 0 bridgehead atoms. The lowest BCUT2D eigenvalue weighted by atomic mass is 9.88. The molecule has 11 nitrogen and oxygen atoms in total. The van der Waals surface area contributed by atoms with Gasteiger partial charge in [0.25, 0.3) is 5.91 Å². The zero-order valence-electron chi connectivity index (χ0n) is 23.7. The standard InChI is InChI=1S/C23H26FN5O4.C3H8O.C2H4O/c1-14-26-18(19-11-21(33-28-19)16-5-7-29(13-30)8-6-16)10-20(27-14)23(31)25-12-15-3-4-17(24)22(9-15)32-2;1-3-4-2;1-2-3/h3-4,9-10,13,16,21H,5-8,11-12H2,1-2H3,(H,25,31);3H2,1-2H3;2H,1H3/t21-;;/m0../s1. The molecule has 1 N–H and O–H groups in total. The molecule has 1 atom stereocenters. The molecule has 3 heterocycles. The van der Waals surface area contributed by atoms with E-state index in [9.17, 15) is 14.0 Å². The fraction of sp³-hybridized carbons (Fsp3) is 0.500. The molecule has 2 aromatic rings. The van der Waals surface area contributed by atoms with Crippen molar-refractivity contribution in [1.82, 2.24) is 20.2 Å². The Bertz CT molecular complexity index is 1150. The molecule has 2 aliphatic rings. The predicted molar refractivity (Wildman–Crippen MR) is 147 cm³/mol. The van der Waals surface area contributed by atoms with Crippen LogP contribution in [0.3, 0.4) is 0 Å². The number of hydrogen-bond acceptors (Lipinski definition) is 9. The van der Waals surface area contributed by atoms with Gasteiger partial charge in [0, 0.05) is 45.7 Å². The van der Waals surface area contributed by atoms with E-state index in [0.717, 1.165) is 45.2 Å². The van der Waals surface area contributed by atoms with Crippen LogP contribution in [-0.2, 0) is 25.7 Å². The molecule has 1 saturated heterocycles. The van der Waals surface area contributed by atoms with E-state index in [-0.39, 0.29) is 30.0 Å².